The molecule has 148 valence electrons. The summed E-state index contributed by atoms with van der Waals surface area (Å²) in [4.78, 5) is 0. The number of halogens is 4. The van der Waals surface area contributed by atoms with Crippen molar-refractivity contribution in [2.75, 3.05) is 0 Å². The Labute approximate surface area is 163 Å². The molecule has 0 aromatic heterocycles. The van der Waals surface area contributed by atoms with Crippen molar-refractivity contribution in [1.29, 1.82) is 0 Å². The van der Waals surface area contributed by atoms with Crippen molar-refractivity contribution in [1.82, 2.24) is 0 Å². The Hall–Kier alpha value is -2.10. The van der Waals surface area contributed by atoms with E-state index in [1.807, 2.05) is 0 Å². The van der Waals surface area contributed by atoms with Gasteiger partial charge in [0.15, 0.2) is 11.6 Å². The highest BCUT2D eigenvalue weighted by molar-refractivity contribution is 5.71. The third-order valence-electron chi connectivity index (χ3n) is 6.51. The van der Waals surface area contributed by atoms with Crippen LogP contribution in [0.2, 0.25) is 0 Å². The largest absolute Gasteiger partial charge is 0.206 e. The zero-order valence-electron chi connectivity index (χ0n) is 16.0. The van der Waals surface area contributed by atoms with Crippen molar-refractivity contribution in [3.8, 4) is 0 Å². The molecule has 2 aromatic carbocycles. The summed E-state index contributed by atoms with van der Waals surface area (Å²) >= 11 is 0. The van der Waals surface area contributed by atoms with Gasteiger partial charge in [0.1, 0.15) is 11.6 Å². The van der Waals surface area contributed by atoms with E-state index in [0.29, 0.717) is 11.1 Å². The monoisotopic (exact) mass is 388 g/mol. The maximum atomic E-state index is 14.9. The van der Waals surface area contributed by atoms with Crippen LogP contribution >= 0.6 is 0 Å². The standard InChI is InChI=1S/C24H24F4/c1-2-14-3-5-15(6-4-14)18-12-21(26)23(22(27)13-18)17-7-9-19-16(11-17)8-10-20(25)24(19)28/h7-8,10,12-15H,2-6,9,11H2,1H3. The second kappa shape index (κ2) is 7.73. The number of rotatable bonds is 3. The van der Waals surface area contributed by atoms with Crippen molar-refractivity contribution in [2.24, 2.45) is 5.92 Å². The van der Waals surface area contributed by atoms with E-state index in [0.717, 1.165) is 49.7 Å². The van der Waals surface area contributed by atoms with E-state index in [1.165, 1.54) is 18.2 Å². The highest BCUT2D eigenvalue weighted by atomic mass is 19.2. The van der Waals surface area contributed by atoms with Gasteiger partial charge in [-0.15, -0.1) is 0 Å². The van der Waals surface area contributed by atoms with Crippen LogP contribution in [-0.2, 0) is 12.8 Å². The average Bonchev–Trinajstić information content (AvgIpc) is 2.70. The molecule has 0 aliphatic heterocycles. The topological polar surface area (TPSA) is 0 Å². The minimum atomic E-state index is -0.893. The summed E-state index contributed by atoms with van der Waals surface area (Å²) in [7, 11) is 0. The number of allylic oxidation sites excluding steroid dienone is 2. The fourth-order valence-corrected chi connectivity index (χ4v) is 4.75. The Kier molecular flexibility index (Phi) is 5.31. The third-order valence-corrected chi connectivity index (χ3v) is 6.51. The van der Waals surface area contributed by atoms with Crippen molar-refractivity contribution in [3.63, 3.8) is 0 Å². The molecule has 4 heteroatoms. The smallest absolute Gasteiger partial charge is 0.162 e. The number of fused-ring (bicyclic) bond motifs is 1. The molecule has 0 bridgehead atoms. The summed E-state index contributed by atoms with van der Waals surface area (Å²) in [5, 5.41) is 0. The zero-order valence-corrected chi connectivity index (χ0v) is 16.0. The molecule has 0 N–H and O–H groups in total. The molecule has 0 saturated heterocycles. The van der Waals surface area contributed by atoms with E-state index in [4.69, 9.17) is 0 Å². The Morgan fingerprint density at radius 2 is 1.57 bits per heavy atom. The summed E-state index contributed by atoms with van der Waals surface area (Å²) < 4.78 is 57.1. The SMILES string of the molecule is CCC1CCC(c2cc(F)c(C3=CCc4c(ccc(F)c4F)C3)c(F)c2)CC1. The molecule has 0 amide bonds. The first-order chi connectivity index (χ1) is 13.5. The van der Waals surface area contributed by atoms with Gasteiger partial charge in [-0.2, -0.15) is 0 Å². The van der Waals surface area contributed by atoms with Gasteiger partial charge in [-0.1, -0.05) is 25.5 Å². The van der Waals surface area contributed by atoms with Crippen LogP contribution in [0.1, 0.15) is 67.2 Å². The van der Waals surface area contributed by atoms with E-state index in [9.17, 15) is 17.6 Å². The van der Waals surface area contributed by atoms with E-state index >= 15 is 0 Å². The molecule has 0 spiro atoms. The predicted molar refractivity (Wildman–Crippen MR) is 103 cm³/mol. The van der Waals surface area contributed by atoms with Crippen LogP contribution in [-0.4, -0.2) is 0 Å². The normalized spacial score (nSPS) is 22.0. The average molecular weight is 388 g/mol. The van der Waals surface area contributed by atoms with Gasteiger partial charge in [0.05, 0.1) is 0 Å². The zero-order chi connectivity index (χ0) is 19.8. The molecule has 2 aliphatic carbocycles. The molecule has 0 nitrogen and oxygen atoms in total. The molecule has 0 atom stereocenters. The predicted octanol–water partition coefficient (Wildman–Crippen LogP) is 7.11. The summed E-state index contributed by atoms with van der Waals surface area (Å²) in [6.45, 7) is 2.19. The van der Waals surface area contributed by atoms with E-state index < -0.39 is 23.3 Å². The highest BCUT2D eigenvalue weighted by Crippen LogP contribution is 2.39. The minimum Gasteiger partial charge on any atom is -0.206 e. The van der Waals surface area contributed by atoms with Crippen molar-refractivity contribution < 1.29 is 17.6 Å². The van der Waals surface area contributed by atoms with Crippen molar-refractivity contribution in [3.05, 3.63) is 75.9 Å². The van der Waals surface area contributed by atoms with Gasteiger partial charge in [0.2, 0.25) is 0 Å². The first-order valence-electron chi connectivity index (χ1n) is 10.1. The van der Waals surface area contributed by atoms with Gasteiger partial charge in [-0.05, 0) is 90.8 Å². The maximum Gasteiger partial charge on any atom is 0.162 e. The van der Waals surface area contributed by atoms with Gasteiger partial charge in [0.25, 0.3) is 0 Å². The van der Waals surface area contributed by atoms with Crippen molar-refractivity contribution >= 4 is 5.57 Å². The molecule has 0 unspecified atom stereocenters. The lowest BCUT2D eigenvalue weighted by Gasteiger charge is -2.28. The number of hydrogen-bond donors (Lipinski definition) is 0. The van der Waals surface area contributed by atoms with E-state index in [1.54, 1.807) is 6.08 Å². The summed E-state index contributed by atoms with van der Waals surface area (Å²) in [5.74, 6) is -1.96. The molecule has 1 fully saturated rings. The van der Waals surface area contributed by atoms with Crippen LogP contribution in [0.4, 0.5) is 17.6 Å². The van der Waals surface area contributed by atoms with Crippen LogP contribution in [0.15, 0.2) is 30.3 Å². The van der Waals surface area contributed by atoms with Gasteiger partial charge < -0.3 is 0 Å². The third kappa shape index (κ3) is 3.49. The Morgan fingerprint density at radius 3 is 2.21 bits per heavy atom. The Bertz CT molecular complexity index is 897. The molecular weight excluding hydrogens is 364 g/mol. The fraction of sp³-hybridized carbons (Fsp3) is 0.417. The highest BCUT2D eigenvalue weighted by Gasteiger charge is 2.26. The molecule has 0 heterocycles. The lowest BCUT2D eigenvalue weighted by Crippen LogP contribution is -2.14. The van der Waals surface area contributed by atoms with Crippen LogP contribution < -0.4 is 0 Å². The summed E-state index contributed by atoms with van der Waals surface area (Å²) in [6.07, 6.45) is 7.26. The minimum absolute atomic E-state index is 0.0404. The van der Waals surface area contributed by atoms with Gasteiger partial charge >= 0.3 is 0 Å². The Morgan fingerprint density at radius 1 is 0.893 bits per heavy atom. The lowest BCUT2D eigenvalue weighted by atomic mass is 9.77. The lowest BCUT2D eigenvalue weighted by molar-refractivity contribution is 0.318. The van der Waals surface area contributed by atoms with Crippen LogP contribution in [0.5, 0.6) is 0 Å². The van der Waals surface area contributed by atoms with Crippen LogP contribution in [0.3, 0.4) is 0 Å². The molecule has 1 saturated carbocycles. The molecule has 2 aliphatic rings. The summed E-state index contributed by atoms with van der Waals surface area (Å²) in [6, 6.07) is 5.50. The van der Waals surface area contributed by atoms with Crippen LogP contribution in [0, 0.1) is 29.2 Å². The molecule has 28 heavy (non-hydrogen) atoms. The maximum absolute atomic E-state index is 14.9. The fourth-order valence-electron chi connectivity index (χ4n) is 4.75. The summed E-state index contributed by atoms with van der Waals surface area (Å²) in [5.41, 5.74) is 2.04. The van der Waals surface area contributed by atoms with E-state index in [2.05, 4.69) is 6.92 Å². The van der Waals surface area contributed by atoms with Crippen molar-refractivity contribution in [2.45, 2.75) is 57.8 Å². The molecular formula is C24H24F4. The first kappa shape index (κ1) is 19.2. The quantitative estimate of drug-likeness (QED) is 0.492. The second-order valence-electron chi connectivity index (χ2n) is 8.09. The van der Waals surface area contributed by atoms with E-state index in [-0.39, 0.29) is 29.9 Å². The van der Waals surface area contributed by atoms with Crippen LogP contribution in [0.25, 0.3) is 5.57 Å². The first-order valence-corrected chi connectivity index (χ1v) is 10.1. The van der Waals surface area contributed by atoms with Gasteiger partial charge in [-0.25, -0.2) is 17.6 Å². The van der Waals surface area contributed by atoms with Gasteiger partial charge in [-0.3, -0.25) is 0 Å². The van der Waals surface area contributed by atoms with Gasteiger partial charge in [0, 0.05) is 5.56 Å². The molecule has 0 radical (unpaired) electrons. The second-order valence-corrected chi connectivity index (χ2v) is 8.09. The molecule has 2 aromatic rings. The number of benzene rings is 2. The Balaban J connectivity index is 1.60. The number of hydrogen-bond acceptors (Lipinski definition) is 0. The molecule has 4 rings (SSSR count).